The van der Waals surface area contributed by atoms with E-state index >= 15 is 0 Å². The Hall–Kier alpha value is -1.40. The first-order chi connectivity index (χ1) is 9.96. The van der Waals surface area contributed by atoms with E-state index in [1.54, 1.807) is 14.2 Å². The first kappa shape index (κ1) is 16.0. The van der Waals surface area contributed by atoms with Crippen molar-refractivity contribution in [2.75, 3.05) is 14.2 Å². The van der Waals surface area contributed by atoms with Crippen LogP contribution in [0, 0.1) is 4.64 Å². The van der Waals surface area contributed by atoms with Crippen LogP contribution >= 0.6 is 28.1 Å². The van der Waals surface area contributed by atoms with Gasteiger partial charge in [-0.25, -0.2) is 4.98 Å². The third-order valence-electron chi connectivity index (χ3n) is 3.09. The van der Waals surface area contributed by atoms with E-state index in [0.717, 1.165) is 15.7 Å². The molecule has 0 aliphatic heterocycles. The van der Waals surface area contributed by atoms with Gasteiger partial charge in [-0.15, -0.1) is 0 Å². The fourth-order valence-corrected chi connectivity index (χ4v) is 2.80. The van der Waals surface area contributed by atoms with Crippen molar-refractivity contribution in [1.29, 1.82) is 0 Å². The van der Waals surface area contributed by atoms with Crippen LogP contribution in [0.3, 0.4) is 0 Å². The molecule has 0 atom stereocenters. The average Bonchev–Trinajstić information content (AvgIpc) is 2.48. The summed E-state index contributed by atoms with van der Waals surface area (Å²) < 4.78 is 12.0. The molecule has 21 heavy (non-hydrogen) atoms. The second-order valence-corrected chi connectivity index (χ2v) is 6.05. The Bertz CT molecular complexity index is 691. The number of halogens is 1. The van der Waals surface area contributed by atoms with E-state index in [2.05, 4.69) is 39.7 Å². The van der Waals surface area contributed by atoms with Crippen LogP contribution in [-0.2, 0) is 0 Å². The van der Waals surface area contributed by atoms with Crippen LogP contribution in [0.4, 0.5) is 0 Å². The van der Waals surface area contributed by atoms with Gasteiger partial charge >= 0.3 is 0 Å². The zero-order valence-electron chi connectivity index (χ0n) is 12.4. The first-order valence-electron chi connectivity index (χ1n) is 6.49. The highest BCUT2D eigenvalue weighted by Crippen LogP contribution is 2.30. The van der Waals surface area contributed by atoms with Crippen LogP contribution in [0.25, 0.3) is 11.4 Å². The van der Waals surface area contributed by atoms with Crippen molar-refractivity contribution in [3.8, 4) is 22.9 Å². The minimum atomic E-state index is 0.301. The Balaban J connectivity index is 2.64. The summed E-state index contributed by atoms with van der Waals surface area (Å²) in [5.74, 6) is 2.42. The summed E-state index contributed by atoms with van der Waals surface area (Å²) in [4.78, 5) is 7.77. The van der Waals surface area contributed by atoms with E-state index < -0.39 is 0 Å². The number of benzene rings is 1. The Morgan fingerprint density at radius 3 is 2.19 bits per heavy atom. The molecule has 0 amide bonds. The van der Waals surface area contributed by atoms with Gasteiger partial charge in [-0.05, 0) is 34.0 Å². The topological polar surface area (TPSA) is 47.1 Å². The molecule has 0 unspecified atom stereocenters. The van der Waals surface area contributed by atoms with Gasteiger partial charge in [0.2, 0.25) is 0 Å². The molecule has 1 aromatic heterocycles. The largest absolute Gasteiger partial charge is 0.497 e. The van der Waals surface area contributed by atoms with Crippen molar-refractivity contribution in [3.63, 3.8) is 0 Å². The summed E-state index contributed by atoms with van der Waals surface area (Å²) in [5.41, 5.74) is 1.89. The van der Waals surface area contributed by atoms with Gasteiger partial charge < -0.3 is 14.5 Å². The van der Waals surface area contributed by atoms with Gasteiger partial charge in [-0.2, -0.15) is 0 Å². The van der Waals surface area contributed by atoms with Gasteiger partial charge in [-0.1, -0.05) is 26.1 Å². The molecule has 4 nitrogen and oxygen atoms in total. The highest BCUT2D eigenvalue weighted by Gasteiger charge is 2.12. The van der Waals surface area contributed by atoms with Crippen molar-refractivity contribution in [2.45, 2.75) is 19.8 Å². The maximum atomic E-state index is 5.33. The van der Waals surface area contributed by atoms with Gasteiger partial charge in [-0.3, -0.25) is 0 Å². The SMILES string of the molecule is COc1cc(OC)cc(-c2nc(=S)c(Br)c(C(C)C)[nH]2)c1. The second kappa shape index (κ2) is 6.58. The monoisotopic (exact) mass is 368 g/mol. The van der Waals surface area contributed by atoms with E-state index in [1.807, 2.05) is 18.2 Å². The third kappa shape index (κ3) is 3.44. The van der Waals surface area contributed by atoms with Crippen LogP contribution < -0.4 is 9.47 Å². The van der Waals surface area contributed by atoms with Crippen molar-refractivity contribution < 1.29 is 9.47 Å². The average molecular weight is 369 g/mol. The molecule has 112 valence electrons. The summed E-state index contributed by atoms with van der Waals surface area (Å²) in [6.07, 6.45) is 0. The lowest BCUT2D eigenvalue weighted by Crippen LogP contribution is -2.01. The lowest BCUT2D eigenvalue weighted by atomic mass is 10.1. The summed E-state index contributed by atoms with van der Waals surface area (Å²) in [5, 5.41) is 0. The number of ether oxygens (including phenoxy) is 2. The molecule has 1 aromatic carbocycles. The number of nitrogens with zero attached hydrogens (tertiary/aromatic N) is 1. The van der Waals surface area contributed by atoms with Crippen LogP contribution in [0.1, 0.15) is 25.5 Å². The molecule has 0 aliphatic rings. The molecule has 0 saturated heterocycles. The molecule has 0 bridgehead atoms. The van der Waals surface area contributed by atoms with E-state index in [1.165, 1.54) is 0 Å². The Labute approximate surface area is 137 Å². The Morgan fingerprint density at radius 1 is 1.14 bits per heavy atom. The molecule has 0 saturated carbocycles. The maximum Gasteiger partial charge on any atom is 0.144 e. The highest BCUT2D eigenvalue weighted by molar-refractivity contribution is 9.10. The number of aromatic nitrogens is 2. The van der Waals surface area contributed by atoms with Gasteiger partial charge in [0.15, 0.2) is 0 Å². The fraction of sp³-hybridized carbons (Fsp3) is 0.333. The number of H-pyrrole nitrogens is 1. The highest BCUT2D eigenvalue weighted by atomic mass is 79.9. The minimum Gasteiger partial charge on any atom is -0.497 e. The Kier molecular flexibility index (Phi) is 5.00. The number of rotatable bonds is 4. The van der Waals surface area contributed by atoms with E-state index in [4.69, 9.17) is 21.7 Å². The van der Waals surface area contributed by atoms with Gasteiger partial charge in [0, 0.05) is 17.3 Å². The van der Waals surface area contributed by atoms with Gasteiger partial charge in [0.25, 0.3) is 0 Å². The summed E-state index contributed by atoms with van der Waals surface area (Å²) in [6.45, 7) is 4.20. The van der Waals surface area contributed by atoms with Crippen molar-refractivity contribution in [2.24, 2.45) is 0 Å². The predicted molar refractivity (Wildman–Crippen MR) is 89.8 cm³/mol. The van der Waals surface area contributed by atoms with Crippen LogP contribution in [-0.4, -0.2) is 24.2 Å². The smallest absolute Gasteiger partial charge is 0.144 e. The van der Waals surface area contributed by atoms with Crippen molar-refractivity contribution in [1.82, 2.24) is 9.97 Å². The van der Waals surface area contributed by atoms with Crippen LogP contribution in [0.15, 0.2) is 22.7 Å². The zero-order valence-corrected chi connectivity index (χ0v) is 14.8. The molecular weight excluding hydrogens is 352 g/mol. The van der Waals surface area contributed by atoms with Crippen molar-refractivity contribution in [3.05, 3.63) is 33.0 Å². The van der Waals surface area contributed by atoms with Gasteiger partial charge in [0.1, 0.15) is 22.0 Å². The van der Waals surface area contributed by atoms with E-state index in [0.29, 0.717) is 27.9 Å². The lowest BCUT2D eigenvalue weighted by molar-refractivity contribution is 0.394. The molecule has 0 fully saturated rings. The third-order valence-corrected chi connectivity index (χ3v) is 4.45. The molecule has 0 spiro atoms. The molecule has 0 aliphatic carbocycles. The van der Waals surface area contributed by atoms with Crippen LogP contribution in [0.5, 0.6) is 11.5 Å². The predicted octanol–water partition coefficient (Wildman–Crippen LogP) is 4.71. The van der Waals surface area contributed by atoms with E-state index in [-0.39, 0.29) is 0 Å². The molecule has 0 radical (unpaired) electrons. The summed E-state index contributed by atoms with van der Waals surface area (Å²) in [6, 6.07) is 5.61. The number of methoxy groups -OCH3 is 2. The molecule has 2 rings (SSSR count). The quantitative estimate of drug-likeness (QED) is 0.793. The number of hydrogen-bond donors (Lipinski definition) is 1. The van der Waals surface area contributed by atoms with Crippen molar-refractivity contribution >= 4 is 28.1 Å². The van der Waals surface area contributed by atoms with E-state index in [9.17, 15) is 0 Å². The summed E-state index contributed by atoms with van der Waals surface area (Å²) in [7, 11) is 3.24. The number of hydrogen-bond acceptors (Lipinski definition) is 4. The molecule has 6 heteroatoms. The minimum absolute atomic E-state index is 0.301. The van der Waals surface area contributed by atoms with Crippen LogP contribution in [0.2, 0.25) is 0 Å². The molecular formula is C15H17BrN2O2S. The lowest BCUT2D eigenvalue weighted by Gasteiger charge is -2.13. The first-order valence-corrected chi connectivity index (χ1v) is 7.69. The molecule has 2 aromatic rings. The fourth-order valence-electron chi connectivity index (χ4n) is 1.95. The number of aromatic amines is 1. The number of nitrogens with one attached hydrogen (secondary N) is 1. The van der Waals surface area contributed by atoms with Gasteiger partial charge in [0.05, 0.1) is 18.7 Å². The second-order valence-electron chi connectivity index (χ2n) is 4.87. The standard InChI is InChI=1S/C15H17BrN2O2S/c1-8(2)13-12(16)15(21)18-14(17-13)9-5-10(19-3)7-11(6-9)20-4/h5-8H,1-4H3,(H,17,18,21). The molecule has 1 N–H and O–H groups in total. The summed E-state index contributed by atoms with van der Waals surface area (Å²) >= 11 is 8.83. The maximum absolute atomic E-state index is 5.33. The Morgan fingerprint density at radius 2 is 1.71 bits per heavy atom. The molecule has 1 heterocycles. The zero-order chi connectivity index (χ0) is 15.6. The normalized spacial score (nSPS) is 10.8.